The Balaban J connectivity index is 1.68. The summed E-state index contributed by atoms with van der Waals surface area (Å²) < 4.78 is 31.0. The Morgan fingerprint density at radius 3 is 2.39 bits per heavy atom. The molecule has 0 fully saturated rings. The number of anilines is 1. The molecule has 0 aliphatic rings. The van der Waals surface area contributed by atoms with E-state index in [0.29, 0.717) is 31.9 Å². The molecule has 0 aliphatic heterocycles. The van der Waals surface area contributed by atoms with Gasteiger partial charge in [-0.1, -0.05) is 48.0 Å². The van der Waals surface area contributed by atoms with Crippen LogP contribution >= 0.6 is 0 Å². The lowest BCUT2D eigenvalue weighted by molar-refractivity contribution is -0.121. The first kappa shape index (κ1) is 21.9. The number of benzene rings is 2. The number of ether oxygens (including phenoxy) is 1. The van der Waals surface area contributed by atoms with Gasteiger partial charge in [0.05, 0.1) is 25.2 Å². The van der Waals surface area contributed by atoms with Crippen molar-refractivity contribution < 1.29 is 17.9 Å². The van der Waals surface area contributed by atoms with Gasteiger partial charge >= 0.3 is 0 Å². The van der Waals surface area contributed by atoms with Crippen molar-refractivity contribution >= 4 is 21.6 Å². The van der Waals surface area contributed by atoms with E-state index in [9.17, 15) is 13.2 Å². The van der Waals surface area contributed by atoms with E-state index < -0.39 is 10.0 Å². The van der Waals surface area contributed by atoms with Gasteiger partial charge < -0.3 is 10.1 Å². The van der Waals surface area contributed by atoms with E-state index in [1.165, 1.54) is 10.6 Å². The molecule has 1 amide bonds. The van der Waals surface area contributed by atoms with Gasteiger partial charge in [0.1, 0.15) is 0 Å². The summed E-state index contributed by atoms with van der Waals surface area (Å²) in [4.78, 5) is 12.0. The van der Waals surface area contributed by atoms with Crippen molar-refractivity contribution in [3.8, 4) is 0 Å². The third kappa shape index (κ3) is 7.70. The van der Waals surface area contributed by atoms with Crippen LogP contribution in [-0.4, -0.2) is 40.3 Å². The van der Waals surface area contributed by atoms with Gasteiger partial charge in [-0.15, -0.1) is 0 Å². The smallest absolute Gasteiger partial charge is 0.232 e. The molecule has 0 saturated carbocycles. The molecule has 0 unspecified atom stereocenters. The van der Waals surface area contributed by atoms with Crippen LogP contribution in [0.4, 0.5) is 5.69 Å². The number of nitrogens with one attached hydrogen (secondary N) is 1. The molecule has 0 saturated heterocycles. The van der Waals surface area contributed by atoms with E-state index in [1.807, 2.05) is 49.4 Å². The van der Waals surface area contributed by atoms with E-state index >= 15 is 0 Å². The van der Waals surface area contributed by atoms with Crippen molar-refractivity contribution in [2.75, 3.05) is 30.3 Å². The summed E-state index contributed by atoms with van der Waals surface area (Å²) in [7, 11) is -3.40. The van der Waals surface area contributed by atoms with Crippen LogP contribution < -0.4 is 9.62 Å². The lowest BCUT2D eigenvalue weighted by Crippen LogP contribution is -2.32. The molecule has 0 bridgehead atoms. The highest BCUT2D eigenvalue weighted by Gasteiger charge is 2.17. The Labute approximate surface area is 167 Å². The molecule has 0 aliphatic carbocycles. The highest BCUT2D eigenvalue weighted by atomic mass is 32.2. The molecular weight excluding hydrogens is 376 g/mol. The highest BCUT2D eigenvalue weighted by molar-refractivity contribution is 7.92. The summed E-state index contributed by atoms with van der Waals surface area (Å²) in [5.41, 5.74) is 2.76. The zero-order chi connectivity index (χ0) is 20.4. The largest absolute Gasteiger partial charge is 0.375 e. The van der Waals surface area contributed by atoms with Crippen LogP contribution in [0.25, 0.3) is 0 Å². The number of aryl methyl sites for hydroxylation is 1. The van der Waals surface area contributed by atoms with Crippen LogP contribution in [0.15, 0.2) is 54.6 Å². The maximum atomic E-state index is 12.1. The summed E-state index contributed by atoms with van der Waals surface area (Å²) in [5.74, 6) is -0.110. The summed E-state index contributed by atoms with van der Waals surface area (Å²) >= 11 is 0. The molecule has 7 heteroatoms. The molecule has 0 aromatic heterocycles. The minimum atomic E-state index is -3.40. The Hall–Kier alpha value is -2.38. The second-order valence-corrected chi connectivity index (χ2v) is 8.57. The van der Waals surface area contributed by atoms with Crippen molar-refractivity contribution in [1.29, 1.82) is 0 Å². The second-order valence-electron chi connectivity index (χ2n) is 6.66. The maximum absolute atomic E-state index is 12.1. The number of nitrogens with zero attached hydrogens (tertiary/aromatic N) is 1. The van der Waals surface area contributed by atoms with E-state index in [4.69, 9.17) is 4.74 Å². The van der Waals surface area contributed by atoms with Crippen LogP contribution in [0.3, 0.4) is 0 Å². The molecule has 0 heterocycles. The molecule has 2 aromatic rings. The fraction of sp³-hybridized carbons (Fsp3) is 0.381. The molecule has 0 atom stereocenters. The predicted octanol–water partition coefficient (Wildman–Crippen LogP) is 2.87. The minimum absolute atomic E-state index is 0.110. The van der Waals surface area contributed by atoms with Gasteiger partial charge in [-0.25, -0.2) is 8.42 Å². The van der Waals surface area contributed by atoms with Gasteiger partial charge in [-0.05, 0) is 31.0 Å². The van der Waals surface area contributed by atoms with Crippen molar-refractivity contribution in [2.45, 2.75) is 26.4 Å². The molecule has 2 rings (SSSR count). The lowest BCUT2D eigenvalue weighted by atomic mass is 10.2. The van der Waals surface area contributed by atoms with Crippen LogP contribution in [0.2, 0.25) is 0 Å². The predicted molar refractivity (Wildman–Crippen MR) is 112 cm³/mol. The third-order valence-electron chi connectivity index (χ3n) is 4.17. The summed E-state index contributed by atoms with van der Waals surface area (Å²) in [6, 6.07) is 17.1. The number of hydrogen-bond donors (Lipinski definition) is 1. The molecule has 0 spiro atoms. The third-order valence-corrected chi connectivity index (χ3v) is 5.36. The monoisotopic (exact) mass is 404 g/mol. The average Bonchev–Trinajstić information content (AvgIpc) is 2.66. The van der Waals surface area contributed by atoms with Crippen LogP contribution in [-0.2, 0) is 26.2 Å². The van der Waals surface area contributed by atoms with E-state index in [1.54, 1.807) is 12.1 Å². The maximum Gasteiger partial charge on any atom is 0.232 e. The van der Waals surface area contributed by atoms with Gasteiger partial charge in [-0.3, -0.25) is 9.10 Å². The molecule has 152 valence electrons. The zero-order valence-electron chi connectivity index (χ0n) is 16.4. The Morgan fingerprint density at radius 1 is 1.07 bits per heavy atom. The Bertz CT molecular complexity index is 836. The number of carbonyl (C=O) groups is 1. The van der Waals surface area contributed by atoms with Crippen molar-refractivity contribution in [2.24, 2.45) is 0 Å². The number of amides is 1. The molecule has 2 aromatic carbocycles. The van der Waals surface area contributed by atoms with Gasteiger partial charge in [0.15, 0.2) is 0 Å². The average molecular weight is 405 g/mol. The molecule has 6 nitrogen and oxygen atoms in total. The van der Waals surface area contributed by atoms with E-state index in [0.717, 1.165) is 11.1 Å². The summed E-state index contributed by atoms with van der Waals surface area (Å²) in [6.45, 7) is 3.58. The van der Waals surface area contributed by atoms with E-state index in [2.05, 4.69) is 5.32 Å². The summed E-state index contributed by atoms with van der Waals surface area (Å²) in [6.07, 6.45) is 1.88. The quantitative estimate of drug-likeness (QED) is 0.585. The normalized spacial score (nSPS) is 11.2. The van der Waals surface area contributed by atoms with Gasteiger partial charge in [0.25, 0.3) is 0 Å². The Kier molecular flexibility index (Phi) is 8.47. The molecule has 28 heavy (non-hydrogen) atoms. The lowest BCUT2D eigenvalue weighted by Gasteiger charge is -2.22. The Morgan fingerprint density at radius 2 is 1.75 bits per heavy atom. The number of carbonyl (C=O) groups excluding carboxylic acids is 1. The van der Waals surface area contributed by atoms with Gasteiger partial charge in [0.2, 0.25) is 15.9 Å². The molecular formula is C21H28N2O4S. The van der Waals surface area contributed by atoms with Gasteiger partial charge in [-0.2, -0.15) is 0 Å². The van der Waals surface area contributed by atoms with E-state index in [-0.39, 0.29) is 18.9 Å². The number of hydrogen-bond acceptors (Lipinski definition) is 4. The van der Waals surface area contributed by atoms with Crippen molar-refractivity contribution in [3.05, 3.63) is 65.7 Å². The minimum Gasteiger partial charge on any atom is -0.375 e. The zero-order valence-corrected chi connectivity index (χ0v) is 17.2. The first-order valence-electron chi connectivity index (χ1n) is 9.29. The van der Waals surface area contributed by atoms with Crippen LogP contribution in [0.1, 0.15) is 24.0 Å². The molecule has 1 N–H and O–H groups in total. The first-order chi connectivity index (χ1) is 13.4. The second kappa shape index (κ2) is 10.8. The van der Waals surface area contributed by atoms with Crippen molar-refractivity contribution in [3.63, 3.8) is 0 Å². The number of rotatable bonds is 11. The fourth-order valence-corrected chi connectivity index (χ4v) is 3.66. The standard InChI is InChI=1S/C21H28N2O4S/c1-18-10-12-20(13-11-18)23(28(2,25)26)15-6-9-21(24)22-14-16-27-17-19-7-4-3-5-8-19/h3-5,7-8,10-13H,6,9,14-17H2,1-2H3,(H,22,24). The SMILES string of the molecule is Cc1ccc(N(CCCC(=O)NCCOCc2ccccc2)S(C)(=O)=O)cc1. The first-order valence-corrected chi connectivity index (χ1v) is 11.1. The summed E-state index contributed by atoms with van der Waals surface area (Å²) in [5, 5.41) is 2.80. The van der Waals surface area contributed by atoms with Crippen LogP contribution in [0.5, 0.6) is 0 Å². The number of sulfonamides is 1. The van der Waals surface area contributed by atoms with Crippen LogP contribution in [0, 0.1) is 6.92 Å². The fourth-order valence-electron chi connectivity index (χ4n) is 2.70. The topological polar surface area (TPSA) is 75.7 Å². The molecule has 0 radical (unpaired) electrons. The van der Waals surface area contributed by atoms with Gasteiger partial charge in [0, 0.05) is 19.5 Å². The highest BCUT2D eigenvalue weighted by Crippen LogP contribution is 2.18. The van der Waals surface area contributed by atoms with Crippen molar-refractivity contribution in [1.82, 2.24) is 5.32 Å².